The molecule has 1 aromatic carbocycles. The van der Waals surface area contributed by atoms with Gasteiger partial charge in [0.15, 0.2) is 0 Å². The molecule has 1 aliphatic heterocycles. The molecule has 1 saturated heterocycles. The molecule has 0 bridgehead atoms. The summed E-state index contributed by atoms with van der Waals surface area (Å²) in [7, 11) is 0. The molecule has 0 saturated carbocycles. The van der Waals surface area contributed by atoms with Gasteiger partial charge < -0.3 is 15.1 Å². The molecule has 0 atom stereocenters. The van der Waals surface area contributed by atoms with Crippen molar-refractivity contribution in [2.75, 3.05) is 41.3 Å². The Balaban J connectivity index is 1.68. The average molecular weight is 367 g/mol. The van der Waals surface area contributed by atoms with Crippen LogP contribution in [0.5, 0.6) is 0 Å². The number of nitrogens with zero attached hydrogens (tertiary/aromatic N) is 3. The highest BCUT2D eigenvalue weighted by molar-refractivity contribution is 6.04. The Hall–Kier alpha value is -2.56. The predicted octanol–water partition coefficient (Wildman–Crippen LogP) is 4.56. The second kappa shape index (κ2) is 9.40. The summed E-state index contributed by atoms with van der Waals surface area (Å²) >= 11 is 0. The molecule has 144 valence electrons. The average Bonchev–Trinajstić information content (AvgIpc) is 3.00. The molecule has 5 nitrogen and oxygen atoms in total. The number of aromatic nitrogens is 1. The first-order valence-corrected chi connectivity index (χ1v) is 10.1. The summed E-state index contributed by atoms with van der Waals surface area (Å²) in [5.41, 5.74) is 2.63. The van der Waals surface area contributed by atoms with Crippen molar-refractivity contribution in [1.82, 2.24) is 4.98 Å². The van der Waals surface area contributed by atoms with Gasteiger partial charge in [0.05, 0.1) is 0 Å². The standard InChI is InChI=1S/C22H30N4O/c1-3-25(4-2)20-11-9-19(10-12-20)24-22(27)18-13-14-23-21(17-18)26-15-7-5-6-8-16-26/h9-14,17H,3-8,15-16H2,1-2H3,(H,24,27). The van der Waals surface area contributed by atoms with Crippen LogP contribution in [0.25, 0.3) is 0 Å². The smallest absolute Gasteiger partial charge is 0.255 e. The van der Waals surface area contributed by atoms with E-state index < -0.39 is 0 Å². The molecule has 2 heterocycles. The van der Waals surface area contributed by atoms with Crippen LogP contribution >= 0.6 is 0 Å². The Bertz CT molecular complexity index is 732. The number of benzene rings is 1. The molecule has 0 radical (unpaired) electrons. The lowest BCUT2D eigenvalue weighted by molar-refractivity contribution is 0.102. The van der Waals surface area contributed by atoms with Gasteiger partial charge in [-0.3, -0.25) is 4.79 Å². The predicted molar refractivity (Wildman–Crippen MR) is 113 cm³/mol. The number of amides is 1. The molecule has 0 unspecified atom stereocenters. The maximum absolute atomic E-state index is 12.7. The van der Waals surface area contributed by atoms with Gasteiger partial charge in [-0.15, -0.1) is 0 Å². The van der Waals surface area contributed by atoms with Gasteiger partial charge in [-0.2, -0.15) is 0 Å². The van der Waals surface area contributed by atoms with Crippen molar-refractivity contribution < 1.29 is 4.79 Å². The minimum absolute atomic E-state index is 0.0935. The fourth-order valence-electron chi connectivity index (χ4n) is 3.58. The van der Waals surface area contributed by atoms with E-state index in [9.17, 15) is 4.79 Å². The molecule has 1 fully saturated rings. The van der Waals surface area contributed by atoms with Crippen LogP contribution in [0.2, 0.25) is 0 Å². The van der Waals surface area contributed by atoms with Crippen LogP contribution in [-0.2, 0) is 0 Å². The Morgan fingerprint density at radius 1 is 1.04 bits per heavy atom. The molecule has 0 aliphatic carbocycles. The van der Waals surface area contributed by atoms with Crippen LogP contribution < -0.4 is 15.1 Å². The van der Waals surface area contributed by atoms with Gasteiger partial charge in [0.25, 0.3) is 5.91 Å². The topological polar surface area (TPSA) is 48.5 Å². The van der Waals surface area contributed by atoms with Crippen molar-refractivity contribution in [2.45, 2.75) is 39.5 Å². The van der Waals surface area contributed by atoms with Crippen LogP contribution in [0.1, 0.15) is 49.9 Å². The van der Waals surface area contributed by atoms with Crippen LogP contribution in [0.4, 0.5) is 17.2 Å². The lowest BCUT2D eigenvalue weighted by Crippen LogP contribution is -2.25. The molecule has 3 rings (SSSR count). The second-order valence-electron chi connectivity index (χ2n) is 6.98. The quantitative estimate of drug-likeness (QED) is 0.814. The number of nitrogens with one attached hydrogen (secondary N) is 1. The highest BCUT2D eigenvalue weighted by atomic mass is 16.1. The summed E-state index contributed by atoms with van der Waals surface area (Å²) in [6.45, 7) is 8.27. The fraction of sp³-hybridized carbons (Fsp3) is 0.455. The van der Waals surface area contributed by atoms with Crippen molar-refractivity contribution >= 4 is 23.1 Å². The molecule has 1 amide bonds. The zero-order valence-electron chi connectivity index (χ0n) is 16.4. The Morgan fingerprint density at radius 3 is 2.33 bits per heavy atom. The monoisotopic (exact) mass is 366 g/mol. The molecule has 27 heavy (non-hydrogen) atoms. The van der Waals surface area contributed by atoms with Gasteiger partial charge in [0.1, 0.15) is 5.82 Å². The minimum atomic E-state index is -0.0935. The third kappa shape index (κ3) is 5.00. The highest BCUT2D eigenvalue weighted by Crippen LogP contribution is 2.20. The summed E-state index contributed by atoms with van der Waals surface area (Å²) in [6, 6.07) is 11.7. The van der Waals surface area contributed by atoms with Crippen LogP contribution in [0, 0.1) is 0 Å². The highest BCUT2D eigenvalue weighted by Gasteiger charge is 2.14. The molecule has 1 N–H and O–H groups in total. The number of hydrogen-bond acceptors (Lipinski definition) is 4. The van der Waals surface area contributed by atoms with Gasteiger partial charge in [-0.25, -0.2) is 4.98 Å². The molecule has 1 aliphatic rings. The van der Waals surface area contributed by atoms with Crippen molar-refractivity contribution in [2.24, 2.45) is 0 Å². The Kier molecular flexibility index (Phi) is 6.69. The molecule has 5 heteroatoms. The van der Waals surface area contributed by atoms with Gasteiger partial charge in [-0.05, 0) is 63.1 Å². The van der Waals surface area contributed by atoms with E-state index in [0.717, 1.165) is 37.7 Å². The van der Waals surface area contributed by atoms with Gasteiger partial charge in [-0.1, -0.05) is 12.8 Å². The first-order chi connectivity index (χ1) is 13.2. The van der Waals surface area contributed by atoms with E-state index >= 15 is 0 Å². The lowest BCUT2D eigenvalue weighted by atomic mass is 10.2. The van der Waals surface area contributed by atoms with Crippen LogP contribution in [0.3, 0.4) is 0 Å². The number of carbonyl (C=O) groups is 1. The van der Waals surface area contributed by atoms with Gasteiger partial charge in [0.2, 0.25) is 0 Å². The molecule has 2 aromatic rings. The summed E-state index contributed by atoms with van der Waals surface area (Å²) in [4.78, 5) is 21.7. The number of rotatable bonds is 6. The normalized spacial score (nSPS) is 14.5. The molecule has 0 spiro atoms. The van der Waals surface area contributed by atoms with Gasteiger partial charge >= 0.3 is 0 Å². The van der Waals surface area contributed by atoms with E-state index in [0.29, 0.717) is 5.56 Å². The first kappa shape index (κ1) is 19.2. The van der Waals surface area contributed by atoms with Crippen molar-refractivity contribution in [3.05, 3.63) is 48.2 Å². The fourth-order valence-corrected chi connectivity index (χ4v) is 3.58. The van der Waals surface area contributed by atoms with E-state index in [-0.39, 0.29) is 5.91 Å². The molecular weight excluding hydrogens is 336 g/mol. The number of carbonyl (C=O) groups excluding carboxylic acids is 1. The summed E-state index contributed by atoms with van der Waals surface area (Å²) < 4.78 is 0. The summed E-state index contributed by atoms with van der Waals surface area (Å²) in [5, 5.41) is 3.00. The minimum Gasteiger partial charge on any atom is -0.372 e. The number of pyridine rings is 1. The number of hydrogen-bond donors (Lipinski definition) is 1. The van der Waals surface area contributed by atoms with Gasteiger partial charge in [0, 0.05) is 49.3 Å². The maximum Gasteiger partial charge on any atom is 0.255 e. The lowest BCUT2D eigenvalue weighted by Gasteiger charge is -2.22. The van der Waals surface area contributed by atoms with Crippen LogP contribution in [-0.4, -0.2) is 37.1 Å². The summed E-state index contributed by atoms with van der Waals surface area (Å²) in [6.07, 6.45) is 6.67. The van der Waals surface area contributed by atoms with E-state index in [1.54, 1.807) is 12.3 Å². The molecule has 1 aromatic heterocycles. The zero-order valence-corrected chi connectivity index (χ0v) is 16.4. The Labute approximate surface area is 162 Å². The first-order valence-electron chi connectivity index (χ1n) is 10.1. The summed E-state index contributed by atoms with van der Waals surface area (Å²) in [5.74, 6) is 0.811. The van der Waals surface area contributed by atoms with Crippen molar-refractivity contribution in [3.8, 4) is 0 Å². The zero-order chi connectivity index (χ0) is 19.1. The Morgan fingerprint density at radius 2 is 1.70 bits per heavy atom. The number of anilines is 3. The van der Waals surface area contributed by atoms with Crippen LogP contribution in [0.15, 0.2) is 42.6 Å². The third-order valence-electron chi connectivity index (χ3n) is 5.19. The van der Waals surface area contributed by atoms with Crippen molar-refractivity contribution in [3.63, 3.8) is 0 Å². The maximum atomic E-state index is 12.7. The van der Waals surface area contributed by atoms with E-state index in [2.05, 4.69) is 46.1 Å². The van der Waals surface area contributed by atoms with E-state index in [1.165, 1.54) is 31.4 Å². The van der Waals surface area contributed by atoms with E-state index in [4.69, 9.17) is 0 Å². The molecular formula is C22H30N4O. The van der Waals surface area contributed by atoms with Crippen molar-refractivity contribution in [1.29, 1.82) is 0 Å². The largest absolute Gasteiger partial charge is 0.372 e. The second-order valence-corrected chi connectivity index (χ2v) is 6.98. The SMILES string of the molecule is CCN(CC)c1ccc(NC(=O)c2ccnc(N3CCCCCC3)c2)cc1. The third-order valence-corrected chi connectivity index (χ3v) is 5.19. The van der Waals surface area contributed by atoms with E-state index in [1.807, 2.05) is 18.2 Å².